The monoisotopic (exact) mass is 362 g/mol. The molecule has 0 saturated carbocycles. The number of hydrogen-bond donors (Lipinski definition) is 0. The predicted molar refractivity (Wildman–Crippen MR) is 92.5 cm³/mol. The molecule has 26 heavy (non-hydrogen) atoms. The minimum atomic E-state index is -2.77. The number of pyridine rings is 2. The van der Waals surface area contributed by atoms with Crippen LogP contribution in [0.15, 0.2) is 42.7 Å². The van der Waals surface area contributed by atoms with Crippen molar-refractivity contribution in [3.8, 4) is 0 Å². The average molecular weight is 362 g/mol. The number of nitrogens with zero attached hydrogens (tertiary/aromatic N) is 4. The van der Waals surface area contributed by atoms with Crippen molar-refractivity contribution in [1.82, 2.24) is 14.9 Å². The van der Waals surface area contributed by atoms with Gasteiger partial charge in [0.25, 0.3) is 5.92 Å². The van der Waals surface area contributed by atoms with Gasteiger partial charge in [-0.15, -0.1) is 0 Å². The van der Waals surface area contributed by atoms with Gasteiger partial charge in [0, 0.05) is 51.5 Å². The molecular weight excluding hydrogens is 341 g/mol. The highest BCUT2D eigenvalue weighted by Gasteiger charge is 2.59. The summed E-state index contributed by atoms with van der Waals surface area (Å²) in [5.41, 5.74) is -0.303. The quantitative estimate of drug-likeness (QED) is 0.838. The van der Waals surface area contributed by atoms with Crippen LogP contribution in [0, 0.1) is 11.2 Å². The summed E-state index contributed by atoms with van der Waals surface area (Å²) in [4.78, 5) is 12.1. The molecule has 2 aromatic heterocycles. The van der Waals surface area contributed by atoms with Crippen LogP contribution in [0.4, 0.5) is 19.0 Å². The second-order valence-corrected chi connectivity index (χ2v) is 7.25. The number of piperidine rings is 1. The van der Waals surface area contributed by atoms with Crippen LogP contribution in [0.25, 0.3) is 0 Å². The van der Waals surface area contributed by atoms with Gasteiger partial charge in [-0.2, -0.15) is 0 Å². The van der Waals surface area contributed by atoms with E-state index in [2.05, 4.69) is 9.97 Å². The minimum absolute atomic E-state index is 0.118. The number of likely N-dealkylation sites (tertiary alicyclic amines) is 1. The molecule has 0 aliphatic carbocycles. The highest BCUT2D eigenvalue weighted by atomic mass is 19.3. The predicted octanol–water partition coefficient (Wildman–Crippen LogP) is 3.35. The van der Waals surface area contributed by atoms with E-state index in [0.29, 0.717) is 26.1 Å². The molecule has 4 heterocycles. The van der Waals surface area contributed by atoms with Crippen LogP contribution in [0.5, 0.6) is 0 Å². The molecule has 0 amide bonds. The van der Waals surface area contributed by atoms with E-state index >= 15 is 0 Å². The zero-order valence-corrected chi connectivity index (χ0v) is 14.4. The van der Waals surface area contributed by atoms with Crippen molar-refractivity contribution < 1.29 is 13.2 Å². The zero-order chi connectivity index (χ0) is 18.2. The number of aromatic nitrogens is 2. The van der Waals surface area contributed by atoms with Crippen LogP contribution in [-0.2, 0) is 6.54 Å². The van der Waals surface area contributed by atoms with Gasteiger partial charge in [-0.25, -0.2) is 18.2 Å². The first kappa shape index (κ1) is 17.3. The molecule has 138 valence electrons. The standard InChI is InChI=1S/C19H21F3N4/c20-16-5-3-9-24-17(16)26-11-6-18(14-26)13-25(10-7-19(18,21)22)12-15-4-1-2-8-23-15/h1-5,8-9H,6-7,10-14H2/t18-/m0/s1. The van der Waals surface area contributed by atoms with Crippen LogP contribution in [0.1, 0.15) is 18.5 Å². The van der Waals surface area contributed by atoms with Crippen LogP contribution in [-0.4, -0.2) is 47.0 Å². The summed E-state index contributed by atoms with van der Waals surface area (Å²) in [6.07, 6.45) is 3.35. The summed E-state index contributed by atoms with van der Waals surface area (Å²) in [7, 11) is 0. The number of rotatable bonds is 3. The Morgan fingerprint density at radius 3 is 2.58 bits per heavy atom. The lowest BCUT2D eigenvalue weighted by Gasteiger charge is -2.45. The Balaban J connectivity index is 1.54. The van der Waals surface area contributed by atoms with E-state index < -0.39 is 17.2 Å². The number of halogens is 3. The highest BCUT2D eigenvalue weighted by Crippen LogP contribution is 2.50. The molecule has 2 aliphatic heterocycles. The van der Waals surface area contributed by atoms with Crippen molar-refractivity contribution in [1.29, 1.82) is 0 Å². The van der Waals surface area contributed by atoms with E-state index in [-0.39, 0.29) is 25.3 Å². The molecule has 0 unspecified atom stereocenters. The largest absolute Gasteiger partial charge is 0.353 e. The van der Waals surface area contributed by atoms with Crippen LogP contribution >= 0.6 is 0 Å². The van der Waals surface area contributed by atoms with Crippen molar-refractivity contribution in [3.05, 3.63) is 54.2 Å². The number of hydrogen-bond acceptors (Lipinski definition) is 4. The molecule has 2 aromatic rings. The summed E-state index contributed by atoms with van der Waals surface area (Å²) in [5, 5.41) is 0. The molecule has 2 aliphatic rings. The zero-order valence-electron chi connectivity index (χ0n) is 14.4. The third-order valence-corrected chi connectivity index (χ3v) is 5.55. The summed E-state index contributed by atoms with van der Waals surface area (Å²) in [6, 6.07) is 8.47. The van der Waals surface area contributed by atoms with Gasteiger partial charge in [-0.3, -0.25) is 9.88 Å². The van der Waals surface area contributed by atoms with E-state index in [0.717, 1.165) is 5.69 Å². The van der Waals surface area contributed by atoms with Gasteiger partial charge in [0.15, 0.2) is 11.6 Å². The molecule has 2 fully saturated rings. The van der Waals surface area contributed by atoms with Gasteiger partial charge in [-0.05, 0) is 30.7 Å². The molecule has 7 heteroatoms. The first-order valence-electron chi connectivity index (χ1n) is 8.85. The Morgan fingerprint density at radius 1 is 0.962 bits per heavy atom. The lowest BCUT2D eigenvalue weighted by atomic mass is 9.75. The molecule has 0 N–H and O–H groups in total. The van der Waals surface area contributed by atoms with Crippen LogP contribution in [0.3, 0.4) is 0 Å². The third kappa shape index (κ3) is 3.05. The minimum Gasteiger partial charge on any atom is -0.353 e. The first-order chi connectivity index (χ1) is 12.5. The summed E-state index contributed by atoms with van der Waals surface area (Å²) in [5.74, 6) is -3.07. The maximum atomic E-state index is 14.9. The molecule has 0 bridgehead atoms. The van der Waals surface area contributed by atoms with Gasteiger partial charge < -0.3 is 4.90 Å². The summed E-state index contributed by atoms with van der Waals surface area (Å²) < 4.78 is 43.8. The van der Waals surface area contributed by atoms with E-state index in [1.165, 1.54) is 18.3 Å². The Kier molecular flexibility index (Phi) is 4.34. The van der Waals surface area contributed by atoms with E-state index in [9.17, 15) is 13.2 Å². The molecule has 0 radical (unpaired) electrons. The summed E-state index contributed by atoms with van der Waals surface area (Å²) in [6.45, 7) is 1.68. The average Bonchev–Trinajstić information content (AvgIpc) is 3.05. The van der Waals surface area contributed by atoms with Crippen molar-refractivity contribution in [2.45, 2.75) is 25.3 Å². The van der Waals surface area contributed by atoms with E-state index in [1.54, 1.807) is 11.1 Å². The Hall–Kier alpha value is -2.15. The Bertz CT molecular complexity index is 770. The summed E-state index contributed by atoms with van der Waals surface area (Å²) >= 11 is 0. The first-order valence-corrected chi connectivity index (χ1v) is 8.85. The molecular formula is C19H21F3N4. The van der Waals surface area contributed by atoms with Gasteiger partial charge in [0.05, 0.1) is 11.1 Å². The third-order valence-electron chi connectivity index (χ3n) is 5.55. The van der Waals surface area contributed by atoms with Crippen molar-refractivity contribution >= 4 is 5.82 Å². The Morgan fingerprint density at radius 2 is 1.81 bits per heavy atom. The van der Waals surface area contributed by atoms with Gasteiger partial charge >= 0.3 is 0 Å². The molecule has 4 nitrogen and oxygen atoms in total. The molecule has 1 spiro atoms. The fraction of sp³-hybridized carbons (Fsp3) is 0.474. The van der Waals surface area contributed by atoms with Crippen LogP contribution in [0.2, 0.25) is 0 Å². The molecule has 1 atom stereocenters. The maximum absolute atomic E-state index is 14.9. The van der Waals surface area contributed by atoms with Gasteiger partial charge in [-0.1, -0.05) is 6.07 Å². The number of anilines is 1. The Labute approximate surface area is 150 Å². The maximum Gasteiger partial charge on any atom is 0.257 e. The molecule has 0 aromatic carbocycles. The fourth-order valence-corrected chi connectivity index (χ4v) is 4.13. The molecule has 4 rings (SSSR count). The van der Waals surface area contributed by atoms with Crippen molar-refractivity contribution in [2.24, 2.45) is 5.41 Å². The lowest BCUT2D eigenvalue weighted by Crippen LogP contribution is -2.56. The SMILES string of the molecule is Fc1cccnc1N1CC[C@]2(CN(Cc3ccccn3)CCC2(F)F)C1. The topological polar surface area (TPSA) is 32.3 Å². The van der Waals surface area contributed by atoms with Crippen LogP contribution < -0.4 is 4.90 Å². The molecule has 2 saturated heterocycles. The lowest BCUT2D eigenvalue weighted by molar-refractivity contribution is -0.159. The fourth-order valence-electron chi connectivity index (χ4n) is 4.13. The smallest absolute Gasteiger partial charge is 0.257 e. The van der Waals surface area contributed by atoms with Crippen molar-refractivity contribution in [2.75, 3.05) is 31.1 Å². The van der Waals surface area contributed by atoms with Crippen molar-refractivity contribution in [3.63, 3.8) is 0 Å². The van der Waals surface area contributed by atoms with E-state index in [1.807, 2.05) is 23.1 Å². The second kappa shape index (κ2) is 6.54. The number of alkyl halides is 2. The second-order valence-electron chi connectivity index (χ2n) is 7.25. The normalized spacial score (nSPS) is 25.7. The van der Waals surface area contributed by atoms with Gasteiger partial charge in [0.1, 0.15) is 0 Å². The highest BCUT2D eigenvalue weighted by molar-refractivity contribution is 5.42. The van der Waals surface area contributed by atoms with E-state index in [4.69, 9.17) is 0 Å². The van der Waals surface area contributed by atoms with Gasteiger partial charge in [0.2, 0.25) is 0 Å².